The van der Waals surface area contributed by atoms with Gasteiger partial charge < -0.3 is 5.32 Å². The van der Waals surface area contributed by atoms with Crippen LogP contribution < -0.4 is 5.32 Å². The highest BCUT2D eigenvalue weighted by Gasteiger charge is 2.10. The zero-order valence-corrected chi connectivity index (χ0v) is 17.0. The summed E-state index contributed by atoms with van der Waals surface area (Å²) >= 11 is 7.64. The van der Waals surface area contributed by atoms with Crippen LogP contribution in [0.15, 0.2) is 71.6 Å². The number of thioether (sulfide) groups is 1. The molecule has 0 aromatic heterocycles. The zero-order valence-electron chi connectivity index (χ0n) is 15.5. The van der Waals surface area contributed by atoms with Crippen molar-refractivity contribution in [3.63, 3.8) is 0 Å². The number of para-hydroxylation sites is 1. The van der Waals surface area contributed by atoms with E-state index < -0.39 is 0 Å². The van der Waals surface area contributed by atoms with Crippen molar-refractivity contribution in [2.45, 2.75) is 30.9 Å². The molecular formula is C23H22ClNOS. The van der Waals surface area contributed by atoms with Crippen molar-refractivity contribution in [3.8, 4) is 0 Å². The van der Waals surface area contributed by atoms with E-state index in [0.717, 1.165) is 32.5 Å². The maximum atomic E-state index is 12.5. The van der Waals surface area contributed by atoms with E-state index in [1.54, 1.807) is 11.8 Å². The minimum absolute atomic E-state index is 0.00139. The Balaban J connectivity index is 1.66. The summed E-state index contributed by atoms with van der Waals surface area (Å²) in [4.78, 5) is 13.6. The Kier molecular flexibility index (Phi) is 6.59. The molecule has 0 heterocycles. The van der Waals surface area contributed by atoms with Crippen LogP contribution in [0.5, 0.6) is 0 Å². The third-order valence-corrected chi connectivity index (χ3v) is 5.71. The van der Waals surface area contributed by atoms with Gasteiger partial charge in [0.15, 0.2) is 0 Å². The molecule has 0 saturated heterocycles. The van der Waals surface area contributed by atoms with Gasteiger partial charge in [-0.1, -0.05) is 59.6 Å². The molecule has 3 aromatic carbocycles. The molecule has 0 spiro atoms. The molecule has 3 rings (SSSR count). The molecule has 27 heavy (non-hydrogen) atoms. The largest absolute Gasteiger partial charge is 0.325 e. The molecule has 4 heteroatoms. The Morgan fingerprint density at radius 2 is 1.74 bits per heavy atom. The van der Waals surface area contributed by atoms with Crippen LogP contribution in [-0.4, -0.2) is 5.91 Å². The summed E-state index contributed by atoms with van der Waals surface area (Å²) in [6, 6.07) is 22.0. The van der Waals surface area contributed by atoms with Gasteiger partial charge in [-0.15, -0.1) is 11.8 Å². The normalized spacial score (nSPS) is 10.6. The summed E-state index contributed by atoms with van der Waals surface area (Å²) < 4.78 is 0. The van der Waals surface area contributed by atoms with Gasteiger partial charge in [0, 0.05) is 15.7 Å². The number of hydrogen-bond acceptors (Lipinski definition) is 2. The van der Waals surface area contributed by atoms with E-state index in [2.05, 4.69) is 18.3 Å². The van der Waals surface area contributed by atoms with Gasteiger partial charge >= 0.3 is 0 Å². The van der Waals surface area contributed by atoms with E-state index in [0.29, 0.717) is 6.42 Å². The lowest BCUT2D eigenvalue weighted by atomic mass is 10.0. The predicted molar refractivity (Wildman–Crippen MR) is 116 cm³/mol. The van der Waals surface area contributed by atoms with Crippen molar-refractivity contribution in [1.29, 1.82) is 0 Å². The van der Waals surface area contributed by atoms with Crippen LogP contribution in [0.4, 0.5) is 5.69 Å². The summed E-state index contributed by atoms with van der Waals surface area (Å²) in [5, 5.41) is 3.80. The Morgan fingerprint density at radius 3 is 2.48 bits per heavy atom. The van der Waals surface area contributed by atoms with Crippen molar-refractivity contribution in [2.24, 2.45) is 0 Å². The highest BCUT2D eigenvalue weighted by Crippen LogP contribution is 2.30. The van der Waals surface area contributed by atoms with Gasteiger partial charge in [-0.25, -0.2) is 0 Å². The smallest absolute Gasteiger partial charge is 0.228 e. The van der Waals surface area contributed by atoms with Crippen molar-refractivity contribution in [1.82, 2.24) is 0 Å². The first-order chi connectivity index (χ1) is 13.0. The molecular weight excluding hydrogens is 374 g/mol. The lowest BCUT2D eigenvalue weighted by Gasteiger charge is -2.12. The molecule has 0 unspecified atom stereocenters. The monoisotopic (exact) mass is 395 g/mol. The third kappa shape index (κ3) is 5.62. The van der Waals surface area contributed by atoms with Gasteiger partial charge in [-0.2, -0.15) is 0 Å². The molecule has 0 fully saturated rings. The standard InChI is InChI=1S/C23H22ClNOS/c1-16-7-10-19(17(2)13-16)14-23(26)25-21-5-3-4-6-22(21)27-15-18-8-11-20(24)12-9-18/h3-13H,14-15H2,1-2H3,(H,25,26). The predicted octanol–water partition coefficient (Wildman–Crippen LogP) is 6.43. The fourth-order valence-electron chi connectivity index (χ4n) is 2.85. The molecule has 0 bridgehead atoms. The number of aryl methyl sites for hydroxylation is 2. The van der Waals surface area contributed by atoms with Gasteiger partial charge in [-0.05, 0) is 54.8 Å². The Hall–Kier alpha value is -2.23. The van der Waals surface area contributed by atoms with Crippen LogP contribution >= 0.6 is 23.4 Å². The molecule has 0 radical (unpaired) electrons. The van der Waals surface area contributed by atoms with E-state index in [1.807, 2.05) is 67.6 Å². The number of carbonyl (C=O) groups excluding carboxylic acids is 1. The van der Waals surface area contributed by atoms with Gasteiger partial charge in [0.25, 0.3) is 0 Å². The first-order valence-corrected chi connectivity index (χ1v) is 10.2. The summed E-state index contributed by atoms with van der Waals surface area (Å²) in [6.45, 7) is 4.11. The minimum Gasteiger partial charge on any atom is -0.325 e. The fourth-order valence-corrected chi connectivity index (χ4v) is 3.94. The lowest BCUT2D eigenvalue weighted by molar-refractivity contribution is -0.115. The first-order valence-electron chi connectivity index (χ1n) is 8.83. The second-order valence-corrected chi connectivity index (χ2v) is 8.02. The molecule has 1 amide bonds. The molecule has 3 aromatic rings. The van der Waals surface area contributed by atoms with Crippen LogP contribution in [0.1, 0.15) is 22.3 Å². The highest BCUT2D eigenvalue weighted by molar-refractivity contribution is 7.98. The Bertz CT molecular complexity index is 937. The Labute approximate surface area is 170 Å². The van der Waals surface area contributed by atoms with E-state index in [-0.39, 0.29) is 5.91 Å². The average molecular weight is 396 g/mol. The van der Waals surface area contributed by atoms with Gasteiger partial charge in [0.1, 0.15) is 0 Å². The SMILES string of the molecule is Cc1ccc(CC(=O)Nc2ccccc2SCc2ccc(Cl)cc2)c(C)c1. The van der Waals surface area contributed by atoms with Crippen LogP contribution in [0.25, 0.3) is 0 Å². The van der Waals surface area contributed by atoms with Crippen molar-refractivity contribution < 1.29 is 4.79 Å². The molecule has 0 saturated carbocycles. The van der Waals surface area contributed by atoms with Crippen molar-refractivity contribution in [2.75, 3.05) is 5.32 Å². The topological polar surface area (TPSA) is 29.1 Å². The van der Waals surface area contributed by atoms with Crippen molar-refractivity contribution >= 4 is 35.0 Å². The molecule has 0 aliphatic rings. The highest BCUT2D eigenvalue weighted by atomic mass is 35.5. The van der Waals surface area contributed by atoms with E-state index in [1.165, 1.54) is 11.1 Å². The van der Waals surface area contributed by atoms with E-state index >= 15 is 0 Å². The third-order valence-electron chi connectivity index (χ3n) is 4.32. The van der Waals surface area contributed by atoms with E-state index in [4.69, 9.17) is 11.6 Å². The van der Waals surface area contributed by atoms with Gasteiger partial charge in [0.05, 0.1) is 12.1 Å². The molecule has 2 nitrogen and oxygen atoms in total. The molecule has 138 valence electrons. The maximum Gasteiger partial charge on any atom is 0.228 e. The van der Waals surface area contributed by atoms with Crippen LogP contribution in [0.2, 0.25) is 5.02 Å². The quantitative estimate of drug-likeness (QED) is 0.487. The molecule has 0 aliphatic heterocycles. The number of rotatable bonds is 6. The Morgan fingerprint density at radius 1 is 1.00 bits per heavy atom. The summed E-state index contributed by atoms with van der Waals surface area (Å²) in [5.41, 5.74) is 5.47. The zero-order chi connectivity index (χ0) is 19.2. The minimum atomic E-state index is 0.00139. The molecule has 0 aliphatic carbocycles. The number of amides is 1. The second kappa shape index (κ2) is 9.12. The van der Waals surface area contributed by atoms with Crippen LogP contribution in [0.3, 0.4) is 0 Å². The first kappa shape index (κ1) is 19.5. The number of hydrogen-bond donors (Lipinski definition) is 1. The van der Waals surface area contributed by atoms with Gasteiger partial charge in [-0.3, -0.25) is 4.79 Å². The average Bonchev–Trinajstić information content (AvgIpc) is 2.65. The summed E-state index contributed by atoms with van der Waals surface area (Å²) in [6.07, 6.45) is 0.377. The number of halogens is 1. The second-order valence-electron chi connectivity index (χ2n) is 6.57. The van der Waals surface area contributed by atoms with Crippen LogP contribution in [-0.2, 0) is 17.0 Å². The number of benzene rings is 3. The fraction of sp³-hybridized carbons (Fsp3) is 0.174. The number of anilines is 1. The lowest BCUT2D eigenvalue weighted by Crippen LogP contribution is -2.15. The van der Waals surface area contributed by atoms with Crippen molar-refractivity contribution in [3.05, 3.63) is 94.0 Å². The van der Waals surface area contributed by atoms with Gasteiger partial charge in [0.2, 0.25) is 5.91 Å². The molecule has 1 N–H and O–H groups in total. The maximum absolute atomic E-state index is 12.5. The molecule has 0 atom stereocenters. The van der Waals surface area contributed by atoms with E-state index in [9.17, 15) is 4.79 Å². The number of nitrogens with one attached hydrogen (secondary N) is 1. The number of carbonyl (C=O) groups is 1. The van der Waals surface area contributed by atoms with Crippen LogP contribution in [0, 0.1) is 13.8 Å². The summed E-state index contributed by atoms with van der Waals surface area (Å²) in [5.74, 6) is 0.822. The summed E-state index contributed by atoms with van der Waals surface area (Å²) in [7, 11) is 0.